The second kappa shape index (κ2) is 8.12. The third-order valence-electron chi connectivity index (χ3n) is 5.84. The lowest BCUT2D eigenvalue weighted by molar-refractivity contribution is 0.0377. The number of nitrogens with two attached hydrogens (primary N) is 1. The van der Waals surface area contributed by atoms with Crippen molar-refractivity contribution in [3.8, 4) is 0 Å². The zero-order valence-electron chi connectivity index (χ0n) is 15.9. The van der Waals surface area contributed by atoms with Crippen molar-refractivity contribution in [1.82, 2.24) is 15.2 Å². The first-order valence-electron chi connectivity index (χ1n) is 9.90. The number of rotatable bonds is 4. The number of ether oxygens (including phenoxy) is 1. The van der Waals surface area contributed by atoms with Crippen LogP contribution >= 0.6 is 11.3 Å². The molecule has 4 heterocycles. The van der Waals surface area contributed by atoms with Gasteiger partial charge in [0.25, 0.3) is 5.91 Å². The number of hydrogen-bond donors (Lipinski definition) is 2. The summed E-state index contributed by atoms with van der Waals surface area (Å²) >= 11 is 1.39. The van der Waals surface area contributed by atoms with Crippen LogP contribution in [0.3, 0.4) is 0 Å². The Balaban J connectivity index is 1.59. The zero-order valence-corrected chi connectivity index (χ0v) is 16.7. The maximum atomic E-state index is 12.0. The van der Waals surface area contributed by atoms with Gasteiger partial charge in [0, 0.05) is 32.2 Å². The van der Waals surface area contributed by atoms with Crippen LogP contribution < -0.4 is 11.1 Å². The highest BCUT2D eigenvalue weighted by Gasteiger charge is 2.28. The summed E-state index contributed by atoms with van der Waals surface area (Å²) in [6.45, 7) is 4.05. The van der Waals surface area contributed by atoms with Gasteiger partial charge in [-0.25, -0.2) is 4.98 Å². The van der Waals surface area contributed by atoms with Gasteiger partial charge in [-0.15, -0.1) is 11.3 Å². The topological polar surface area (TPSA) is 80.5 Å². The Morgan fingerprint density at radius 1 is 1.33 bits per heavy atom. The molecule has 0 radical (unpaired) electrons. The van der Waals surface area contributed by atoms with E-state index < -0.39 is 0 Å². The number of likely N-dealkylation sites (tertiary alicyclic amines) is 1. The Kier molecular flexibility index (Phi) is 5.61. The highest BCUT2D eigenvalue weighted by Crippen LogP contribution is 2.36. The molecular formula is C20H28N4O2S. The lowest BCUT2D eigenvalue weighted by Crippen LogP contribution is -2.38. The summed E-state index contributed by atoms with van der Waals surface area (Å²) in [7, 11) is 1.63. The molecule has 27 heavy (non-hydrogen) atoms. The fraction of sp³-hybridized carbons (Fsp3) is 0.600. The van der Waals surface area contributed by atoms with Gasteiger partial charge in [-0.2, -0.15) is 0 Å². The van der Waals surface area contributed by atoms with Gasteiger partial charge in [-0.1, -0.05) is 6.42 Å². The lowest BCUT2D eigenvalue weighted by Gasteiger charge is -2.38. The van der Waals surface area contributed by atoms with E-state index in [0.29, 0.717) is 16.6 Å². The number of thiophene rings is 1. The Bertz CT molecular complexity index is 816. The number of nitrogens with one attached hydrogen (secondary N) is 1. The van der Waals surface area contributed by atoms with Crippen LogP contribution in [-0.4, -0.2) is 49.1 Å². The van der Waals surface area contributed by atoms with E-state index in [2.05, 4.69) is 16.3 Å². The Hall–Kier alpha value is -1.70. The van der Waals surface area contributed by atoms with Gasteiger partial charge in [0.15, 0.2) is 0 Å². The van der Waals surface area contributed by atoms with Crippen molar-refractivity contribution in [2.45, 2.75) is 38.1 Å². The number of nitrogens with zero attached hydrogens (tertiary/aromatic N) is 2. The van der Waals surface area contributed by atoms with Crippen molar-refractivity contribution in [2.24, 2.45) is 5.92 Å². The van der Waals surface area contributed by atoms with Gasteiger partial charge in [0.2, 0.25) is 0 Å². The number of nitrogen functional groups attached to an aromatic ring is 1. The number of carbonyl (C=O) groups excluding carboxylic acids is 1. The summed E-state index contributed by atoms with van der Waals surface area (Å²) in [5.41, 5.74) is 7.83. The van der Waals surface area contributed by atoms with Crippen molar-refractivity contribution in [3.63, 3.8) is 0 Å². The molecular weight excluding hydrogens is 360 g/mol. The van der Waals surface area contributed by atoms with Crippen LogP contribution in [0, 0.1) is 5.92 Å². The number of anilines is 1. The third kappa shape index (κ3) is 3.81. The van der Waals surface area contributed by atoms with Crippen LogP contribution in [0.2, 0.25) is 0 Å². The van der Waals surface area contributed by atoms with Crippen LogP contribution in [0.1, 0.15) is 53.5 Å². The molecule has 0 saturated carbocycles. The number of piperidine rings is 1. The second-order valence-corrected chi connectivity index (χ2v) is 8.57. The van der Waals surface area contributed by atoms with Crippen molar-refractivity contribution in [2.75, 3.05) is 39.1 Å². The first kappa shape index (κ1) is 18.7. The molecule has 0 unspecified atom stereocenters. The standard InChI is InChI=1S/C20H28N4O2S/c1-22-19(25)18-17(21)14-5-6-15(23-20(14)27-18)16-4-2-3-9-24(16)12-13-7-10-26-11-8-13/h5-6,13,16H,2-4,7-12,21H2,1H3,(H,22,25)/t16-/m0/s1. The highest BCUT2D eigenvalue weighted by molar-refractivity contribution is 7.21. The van der Waals surface area contributed by atoms with Gasteiger partial charge in [0.1, 0.15) is 9.71 Å². The normalized spacial score (nSPS) is 22.2. The monoisotopic (exact) mass is 388 g/mol. The van der Waals surface area contributed by atoms with Crippen molar-refractivity contribution in [3.05, 3.63) is 22.7 Å². The van der Waals surface area contributed by atoms with E-state index in [0.717, 1.165) is 67.4 Å². The zero-order chi connectivity index (χ0) is 18.8. The minimum atomic E-state index is -0.143. The molecule has 2 aromatic rings. The maximum Gasteiger partial charge on any atom is 0.263 e. The smallest absolute Gasteiger partial charge is 0.263 e. The fourth-order valence-corrected chi connectivity index (χ4v) is 5.33. The number of pyridine rings is 1. The van der Waals surface area contributed by atoms with E-state index >= 15 is 0 Å². The Labute approximate surface area is 164 Å². The molecule has 0 spiro atoms. The average Bonchev–Trinajstić information content (AvgIpc) is 3.04. The van der Waals surface area contributed by atoms with Crippen molar-refractivity contribution in [1.29, 1.82) is 0 Å². The summed E-state index contributed by atoms with van der Waals surface area (Å²) in [5.74, 6) is 0.580. The van der Waals surface area contributed by atoms with Crippen molar-refractivity contribution >= 4 is 33.1 Å². The van der Waals surface area contributed by atoms with Crippen molar-refractivity contribution < 1.29 is 9.53 Å². The summed E-state index contributed by atoms with van der Waals surface area (Å²) in [4.78, 5) is 21.0. The number of carbonyl (C=O) groups is 1. The first-order valence-corrected chi connectivity index (χ1v) is 10.7. The number of aromatic nitrogens is 1. The van der Waals surface area contributed by atoms with E-state index in [1.54, 1.807) is 7.05 Å². The molecule has 2 aliphatic rings. The predicted molar refractivity (Wildman–Crippen MR) is 109 cm³/mol. The molecule has 0 aliphatic carbocycles. The molecule has 4 rings (SSSR count). The maximum absolute atomic E-state index is 12.0. The van der Waals surface area contributed by atoms with Gasteiger partial charge in [0.05, 0.1) is 17.4 Å². The predicted octanol–water partition coefficient (Wildman–Crippen LogP) is 3.19. The molecule has 1 atom stereocenters. The van der Waals surface area contributed by atoms with E-state index in [1.165, 1.54) is 24.2 Å². The van der Waals surface area contributed by atoms with E-state index in [-0.39, 0.29) is 5.91 Å². The van der Waals surface area contributed by atoms with Gasteiger partial charge < -0.3 is 15.8 Å². The number of fused-ring (bicyclic) bond motifs is 1. The summed E-state index contributed by atoms with van der Waals surface area (Å²) < 4.78 is 5.52. The molecule has 2 aliphatic heterocycles. The second-order valence-electron chi connectivity index (χ2n) is 7.58. The van der Waals surface area contributed by atoms with Crippen LogP contribution in [-0.2, 0) is 4.74 Å². The van der Waals surface area contributed by atoms with Crippen LogP contribution in [0.4, 0.5) is 5.69 Å². The van der Waals surface area contributed by atoms with Crippen LogP contribution in [0.5, 0.6) is 0 Å². The van der Waals surface area contributed by atoms with E-state index in [1.807, 2.05) is 6.07 Å². The molecule has 7 heteroatoms. The summed E-state index contributed by atoms with van der Waals surface area (Å²) in [6.07, 6.45) is 5.96. The summed E-state index contributed by atoms with van der Waals surface area (Å²) in [6, 6.07) is 4.50. The third-order valence-corrected chi connectivity index (χ3v) is 6.95. The largest absolute Gasteiger partial charge is 0.397 e. The van der Waals surface area contributed by atoms with Gasteiger partial charge in [-0.05, 0) is 50.3 Å². The average molecular weight is 389 g/mol. The molecule has 2 aromatic heterocycles. The Morgan fingerprint density at radius 3 is 2.93 bits per heavy atom. The highest BCUT2D eigenvalue weighted by atomic mass is 32.1. The molecule has 1 amide bonds. The van der Waals surface area contributed by atoms with Crippen LogP contribution in [0.25, 0.3) is 10.2 Å². The molecule has 6 nitrogen and oxygen atoms in total. The SMILES string of the molecule is CNC(=O)c1sc2nc([C@@H]3CCCCN3CC3CCOCC3)ccc2c1N. The lowest BCUT2D eigenvalue weighted by atomic mass is 9.94. The van der Waals surface area contributed by atoms with E-state index in [9.17, 15) is 4.79 Å². The number of amides is 1. The van der Waals surface area contributed by atoms with Gasteiger partial charge >= 0.3 is 0 Å². The molecule has 0 aromatic carbocycles. The summed E-state index contributed by atoms with van der Waals surface area (Å²) in [5, 5.41) is 3.54. The Morgan fingerprint density at radius 2 is 2.15 bits per heavy atom. The number of hydrogen-bond acceptors (Lipinski definition) is 6. The quantitative estimate of drug-likeness (QED) is 0.841. The minimum absolute atomic E-state index is 0.143. The fourth-order valence-electron chi connectivity index (χ4n) is 4.28. The van der Waals surface area contributed by atoms with Crippen LogP contribution in [0.15, 0.2) is 12.1 Å². The molecule has 146 valence electrons. The molecule has 0 bridgehead atoms. The minimum Gasteiger partial charge on any atom is -0.397 e. The molecule has 3 N–H and O–H groups in total. The first-order chi connectivity index (χ1) is 13.2. The van der Waals surface area contributed by atoms with Gasteiger partial charge in [-0.3, -0.25) is 9.69 Å². The molecule has 2 saturated heterocycles. The van der Waals surface area contributed by atoms with E-state index in [4.69, 9.17) is 15.5 Å². The molecule has 2 fully saturated rings.